The lowest BCUT2D eigenvalue weighted by molar-refractivity contribution is 0.0604. The fourth-order valence-corrected chi connectivity index (χ4v) is 4.44. The van der Waals surface area contributed by atoms with E-state index in [2.05, 4.69) is 10.6 Å². The van der Waals surface area contributed by atoms with E-state index in [4.69, 9.17) is 4.74 Å². The molecule has 1 aromatic heterocycles. The molecule has 162 valence electrons. The molecule has 1 fully saturated rings. The Morgan fingerprint density at radius 2 is 1.87 bits per heavy atom. The van der Waals surface area contributed by atoms with E-state index in [-0.39, 0.29) is 17.5 Å². The van der Waals surface area contributed by atoms with Gasteiger partial charge in [-0.05, 0) is 54.8 Å². The lowest BCUT2D eigenvalue weighted by Crippen LogP contribution is -2.41. The SMILES string of the molecule is COc1cccc(Cn2cccc2CN(C(=O)c2ccccc2F)C2CCCCC2)c1. The molecule has 0 bridgehead atoms. The fourth-order valence-electron chi connectivity index (χ4n) is 4.44. The minimum Gasteiger partial charge on any atom is -0.497 e. The molecule has 1 amide bonds. The summed E-state index contributed by atoms with van der Waals surface area (Å²) in [5.74, 6) is 0.143. The van der Waals surface area contributed by atoms with Gasteiger partial charge in [0.15, 0.2) is 0 Å². The molecule has 4 rings (SSSR count). The summed E-state index contributed by atoms with van der Waals surface area (Å²) in [4.78, 5) is 15.3. The Morgan fingerprint density at radius 3 is 2.65 bits per heavy atom. The van der Waals surface area contributed by atoms with E-state index >= 15 is 0 Å². The van der Waals surface area contributed by atoms with Crippen molar-refractivity contribution < 1.29 is 13.9 Å². The lowest BCUT2D eigenvalue weighted by atomic mass is 9.93. The molecule has 0 spiro atoms. The van der Waals surface area contributed by atoms with Crippen LogP contribution in [0.2, 0.25) is 0 Å². The molecule has 0 N–H and O–H groups in total. The summed E-state index contributed by atoms with van der Waals surface area (Å²) in [7, 11) is 1.66. The van der Waals surface area contributed by atoms with Gasteiger partial charge in [0, 0.05) is 24.5 Å². The third-order valence-electron chi connectivity index (χ3n) is 6.12. The van der Waals surface area contributed by atoms with Crippen LogP contribution in [0.4, 0.5) is 4.39 Å². The predicted octanol–water partition coefficient (Wildman–Crippen LogP) is 5.66. The molecule has 3 aromatic rings. The summed E-state index contributed by atoms with van der Waals surface area (Å²) in [5, 5.41) is 0. The van der Waals surface area contributed by atoms with Crippen molar-refractivity contribution in [2.24, 2.45) is 0 Å². The third kappa shape index (κ3) is 4.98. The van der Waals surface area contributed by atoms with Crippen molar-refractivity contribution in [1.29, 1.82) is 0 Å². The number of carbonyl (C=O) groups excluding carboxylic acids is 1. The highest BCUT2D eigenvalue weighted by molar-refractivity contribution is 5.94. The normalized spacial score (nSPS) is 14.4. The highest BCUT2D eigenvalue weighted by atomic mass is 19.1. The van der Waals surface area contributed by atoms with Crippen LogP contribution in [0.25, 0.3) is 0 Å². The molecule has 1 heterocycles. The van der Waals surface area contributed by atoms with Gasteiger partial charge in [-0.1, -0.05) is 43.5 Å². The Morgan fingerprint density at radius 1 is 1.06 bits per heavy atom. The number of carbonyl (C=O) groups is 1. The van der Waals surface area contributed by atoms with Crippen LogP contribution in [0.3, 0.4) is 0 Å². The van der Waals surface area contributed by atoms with Crippen LogP contribution >= 0.6 is 0 Å². The van der Waals surface area contributed by atoms with Crippen LogP contribution in [0.1, 0.15) is 53.7 Å². The molecule has 1 aliphatic rings. The first-order chi connectivity index (χ1) is 15.2. The number of hydrogen-bond acceptors (Lipinski definition) is 2. The minimum atomic E-state index is -0.458. The zero-order valence-corrected chi connectivity index (χ0v) is 18.0. The van der Waals surface area contributed by atoms with Crippen LogP contribution in [0, 0.1) is 5.82 Å². The number of halogens is 1. The maximum absolute atomic E-state index is 14.4. The Balaban J connectivity index is 1.59. The first-order valence-corrected chi connectivity index (χ1v) is 11.0. The van der Waals surface area contributed by atoms with Crippen LogP contribution in [-0.2, 0) is 13.1 Å². The van der Waals surface area contributed by atoms with Crippen LogP contribution < -0.4 is 4.74 Å². The van der Waals surface area contributed by atoms with Gasteiger partial charge >= 0.3 is 0 Å². The van der Waals surface area contributed by atoms with Crippen LogP contribution in [0.15, 0.2) is 66.9 Å². The monoisotopic (exact) mass is 420 g/mol. The van der Waals surface area contributed by atoms with Crippen LogP contribution in [-0.4, -0.2) is 28.5 Å². The van der Waals surface area contributed by atoms with Crippen molar-refractivity contribution in [3.8, 4) is 5.75 Å². The van der Waals surface area contributed by atoms with Crippen molar-refractivity contribution in [2.45, 2.75) is 51.2 Å². The molecule has 31 heavy (non-hydrogen) atoms. The molecule has 1 aliphatic carbocycles. The summed E-state index contributed by atoms with van der Waals surface area (Å²) in [6, 6.07) is 18.5. The maximum Gasteiger partial charge on any atom is 0.257 e. The minimum absolute atomic E-state index is 0.140. The number of methoxy groups -OCH3 is 1. The Bertz CT molecular complexity index is 1020. The second-order valence-electron chi connectivity index (χ2n) is 8.18. The molecule has 0 atom stereocenters. The van der Waals surface area contributed by atoms with Gasteiger partial charge in [-0.2, -0.15) is 0 Å². The molecule has 0 aliphatic heterocycles. The molecule has 4 nitrogen and oxygen atoms in total. The van der Waals surface area contributed by atoms with Crippen LogP contribution in [0.5, 0.6) is 5.75 Å². The Hall–Kier alpha value is -3.08. The third-order valence-corrected chi connectivity index (χ3v) is 6.12. The van der Waals surface area contributed by atoms with Crippen molar-refractivity contribution >= 4 is 5.91 Å². The molecule has 5 heteroatoms. The number of benzene rings is 2. The molecule has 0 unspecified atom stereocenters. The number of aromatic nitrogens is 1. The van der Waals surface area contributed by atoms with Gasteiger partial charge in [0.05, 0.1) is 19.2 Å². The second-order valence-corrected chi connectivity index (χ2v) is 8.18. The van der Waals surface area contributed by atoms with E-state index in [0.717, 1.165) is 42.7 Å². The van der Waals surface area contributed by atoms with Crippen molar-refractivity contribution in [3.63, 3.8) is 0 Å². The van der Waals surface area contributed by atoms with E-state index in [9.17, 15) is 9.18 Å². The van der Waals surface area contributed by atoms with Gasteiger partial charge in [0.1, 0.15) is 11.6 Å². The average molecular weight is 421 g/mol. The van der Waals surface area contributed by atoms with Gasteiger partial charge < -0.3 is 14.2 Å². The van der Waals surface area contributed by atoms with E-state index in [0.29, 0.717) is 13.1 Å². The van der Waals surface area contributed by atoms with E-state index in [1.807, 2.05) is 41.4 Å². The zero-order chi connectivity index (χ0) is 21.6. The average Bonchev–Trinajstić information content (AvgIpc) is 3.24. The molecule has 1 saturated carbocycles. The van der Waals surface area contributed by atoms with E-state index in [1.165, 1.54) is 12.5 Å². The second kappa shape index (κ2) is 9.82. The standard InChI is InChI=1S/C26H29FN2O2/c1-31-23-13-7-9-20(17-23)18-28-16-8-12-22(28)19-29(21-10-3-2-4-11-21)26(30)24-14-5-6-15-25(24)27/h5-9,12-17,21H,2-4,10-11,18-19H2,1H3. The number of rotatable bonds is 7. The fraction of sp³-hybridized carbons (Fsp3) is 0.346. The Kier molecular flexibility index (Phi) is 6.70. The number of amides is 1. The quantitative estimate of drug-likeness (QED) is 0.494. The maximum atomic E-state index is 14.4. The van der Waals surface area contributed by atoms with E-state index in [1.54, 1.807) is 25.3 Å². The molecular formula is C26H29FN2O2. The summed E-state index contributed by atoms with van der Waals surface area (Å²) in [6.07, 6.45) is 7.38. The van der Waals surface area contributed by atoms with Gasteiger partial charge in [-0.15, -0.1) is 0 Å². The predicted molar refractivity (Wildman–Crippen MR) is 120 cm³/mol. The number of ether oxygens (including phenoxy) is 1. The van der Waals surface area contributed by atoms with Crippen molar-refractivity contribution in [2.75, 3.05) is 7.11 Å². The first kappa shape index (κ1) is 21.2. The van der Waals surface area contributed by atoms with Gasteiger partial charge in [0.25, 0.3) is 5.91 Å². The molecule has 0 saturated heterocycles. The lowest BCUT2D eigenvalue weighted by Gasteiger charge is -2.35. The summed E-state index contributed by atoms with van der Waals surface area (Å²) >= 11 is 0. The van der Waals surface area contributed by atoms with Crippen molar-refractivity contribution in [1.82, 2.24) is 9.47 Å². The molecular weight excluding hydrogens is 391 g/mol. The summed E-state index contributed by atoms with van der Waals surface area (Å²) in [6.45, 7) is 1.15. The Labute approximate surface area is 183 Å². The zero-order valence-electron chi connectivity index (χ0n) is 18.0. The summed E-state index contributed by atoms with van der Waals surface area (Å²) in [5.41, 5.74) is 2.32. The van der Waals surface area contributed by atoms with Gasteiger partial charge in [-0.3, -0.25) is 4.79 Å². The first-order valence-electron chi connectivity index (χ1n) is 11.0. The topological polar surface area (TPSA) is 34.5 Å². The number of hydrogen-bond donors (Lipinski definition) is 0. The molecule has 0 radical (unpaired) electrons. The summed E-state index contributed by atoms with van der Waals surface area (Å²) < 4.78 is 21.9. The van der Waals surface area contributed by atoms with Gasteiger partial charge in [0.2, 0.25) is 0 Å². The van der Waals surface area contributed by atoms with Gasteiger partial charge in [-0.25, -0.2) is 4.39 Å². The number of nitrogens with zero attached hydrogens (tertiary/aromatic N) is 2. The highest BCUT2D eigenvalue weighted by Gasteiger charge is 2.28. The molecule has 2 aromatic carbocycles. The largest absolute Gasteiger partial charge is 0.497 e. The highest BCUT2D eigenvalue weighted by Crippen LogP contribution is 2.27. The van der Waals surface area contributed by atoms with E-state index < -0.39 is 5.82 Å². The van der Waals surface area contributed by atoms with Crippen molar-refractivity contribution in [3.05, 3.63) is 89.5 Å². The smallest absolute Gasteiger partial charge is 0.257 e.